The Morgan fingerprint density at radius 3 is 2.50 bits per heavy atom. The number of nitrogens with zero attached hydrogens (tertiary/aromatic N) is 2. The zero-order chi connectivity index (χ0) is 18.9. The Balaban J connectivity index is 1.33. The second-order valence-corrected chi connectivity index (χ2v) is 8.91. The summed E-state index contributed by atoms with van der Waals surface area (Å²) in [7, 11) is 0. The van der Waals surface area contributed by atoms with Crippen molar-refractivity contribution in [1.29, 1.82) is 0 Å². The van der Waals surface area contributed by atoms with Gasteiger partial charge in [-0.2, -0.15) is 5.10 Å². The van der Waals surface area contributed by atoms with Gasteiger partial charge in [-0.25, -0.2) is 4.68 Å². The maximum absolute atomic E-state index is 12.9. The summed E-state index contributed by atoms with van der Waals surface area (Å²) in [5.74, 6) is 1.97. The predicted octanol–water partition coefficient (Wildman–Crippen LogP) is 4.39. The lowest BCUT2D eigenvalue weighted by Gasteiger charge is -2.28. The number of fused-ring (bicyclic) bond motifs is 2. The van der Waals surface area contributed by atoms with Gasteiger partial charge in [-0.15, -0.1) is 0 Å². The first-order valence-corrected chi connectivity index (χ1v) is 11.0. The van der Waals surface area contributed by atoms with E-state index < -0.39 is 0 Å². The largest absolute Gasteiger partial charge is 0.311 e. The molecule has 1 aromatic heterocycles. The fourth-order valence-corrected chi connectivity index (χ4v) is 5.47. The maximum atomic E-state index is 12.9. The number of piperidine rings is 1. The minimum Gasteiger partial charge on any atom is -0.311 e. The quantitative estimate of drug-likeness (QED) is 0.811. The number of nitrogens with one attached hydrogen (secondary N) is 2. The highest BCUT2D eigenvalue weighted by Crippen LogP contribution is 2.36. The van der Waals surface area contributed by atoms with E-state index >= 15 is 0 Å². The van der Waals surface area contributed by atoms with Crippen molar-refractivity contribution in [1.82, 2.24) is 15.1 Å². The molecule has 5 nitrogen and oxygen atoms in total. The average Bonchev–Trinajstić information content (AvgIpc) is 3.43. The first kappa shape index (κ1) is 17.9. The molecule has 3 heterocycles. The van der Waals surface area contributed by atoms with Crippen LogP contribution in [-0.2, 0) is 4.79 Å². The molecule has 5 rings (SSSR count). The van der Waals surface area contributed by atoms with Gasteiger partial charge in [0.05, 0.1) is 11.4 Å². The van der Waals surface area contributed by atoms with Gasteiger partial charge < -0.3 is 10.6 Å². The van der Waals surface area contributed by atoms with Crippen LogP contribution in [0.15, 0.2) is 36.4 Å². The van der Waals surface area contributed by atoms with Crippen LogP contribution in [0.1, 0.15) is 69.4 Å². The molecule has 0 radical (unpaired) electrons. The number of amides is 1. The van der Waals surface area contributed by atoms with Crippen LogP contribution in [0.3, 0.4) is 0 Å². The lowest BCUT2D eigenvalue weighted by molar-refractivity contribution is -0.117. The summed E-state index contributed by atoms with van der Waals surface area (Å²) in [5, 5.41) is 11.7. The third-order valence-electron chi connectivity index (χ3n) is 6.81. The van der Waals surface area contributed by atoms with Crippen molar-refractivity contribution in [3.8, 4) is 5.69 Å². The Labute approximate surface area is 166 Å². The molecule has 28 heavy (non-hydrogen) atoms. The monoisotopic (exact) mass is 378 g/mol. The fourth-order valence-electron chi connectivity index (χ4n) is 5.47. The van der Waals surface area contributed by atoms with E-state index in [-0.39, 0.29) is 5.91 Å². The maximum Gasteiger partial charge on any atom is 0.225 e. The Hall–Kier alpha value is -2.14. The van der Waals surface area contributed by atoms with Crippen LogP contribution in [-0.4, -0.2) is 27.8 Å². The molecule has 148 valence electrons. The number of carbonyl (C=O) groups excluding carboxylic acids is 1. The van der Waals surface area contributed by atoms with Gasteiger partial charge >= 0.3 is 0 Å². The Kier molecular flexibility index (Phi) is 4.93. The minimum atomic E-state index is 0.126. The molecule has 3 fully saturated rings. The summed E-state index contributed by atoms with van der Waals surface area (Å²) >= 11 is 0. The topological polar surface area (TPSA) is 59.0 Å². The van der Waals surface area contributed by atoms with Crippen molar-refractivity contribution in [2.75, 3.05) is 5.32 Å². The number of hydrogen-bond donors (Lipinski definition) is 2. The number of benzene rings is 1. The second-order valence-electron chi connectivity index (χ2n) is 8.91. The number of carbonyl (C=O) groups is 1. The summed E-state index contributed by atoms with van der Waals surface area (Å²) in [6.45, 7) is 0. The van der Waals surface area contributed by atoms with Crippen LogP contribution >= 0.6 is 0 Å². The highest BCUT2D eigenvalue weighted by Gasteiger charge is 2.34. The summed E-state index contributed by atoms with van der Waals surface area (Å²) in [4.78, 5) is 12.9. The van der Waals surface area contributed by atoms with E-state index in [1.165, 1.54) is 38.5 Å². The molecule has 2 aromatic rings. The molecule has 3 aliphatic rings. The summed E-state index contributed by atoms with van der Waals surface area (Å²) in [5.41, 5.74) is 2.12. The number of hydrogen-bond acceptors (Lipinski definition) is 3. The van der Waals surface area contributed by atoms with E-state index in [4.69, 9.17) is 5.10 Å². The molecule has 2 N–H and O–H groups in total. The van der Waals surface area contributed by atoms with Crippen molar-refractivity contribution >= 4 is 11.7 Å². The number of para-hydroxylation sites is 1. The molecule has 1 saturated carbocycles. The Bertz CT molecular complexity index is 812. The van der Waals surface area contributed by atoms with E-state index in [1.54, 1.807) is 0 Å². The highest BCUT2D eigenvalue weighted by molar-refractivity contribution is 5.90. The smallest absolute Gasteiger partial charge is 0.225 e. The molecule has 2 aliphatic heterocycles. The van der Waals surface area contributed by atoms with E-state index in [9.17, 15) is 4.79 Å². The van der Waals surface area contributed by atoms with Crippen molar-refractivity contribution in [2.24, 2.45) is 5.92 Å². The van der Waals surface area contributed by atoms with Gasteiger partial charge in [-0.3, -0.25) is 4.79 Å². The van der Waals surface area contributed by atoms with Gasteiger partial charge in [0.2, 0.25) is 5.91 Å². The SMILES string of the molecule is O=C(CC1CC2CCC(C1)N2)Nc1cc(C2CCCC2)nn1-c1ccccc1. The van der Waals surface area contributed by atoms with E-state index in [2.05, 4.69) is 16.7 Å². The van der Waals surface area contributed by atoms with Gasteiger partial charge in [0.1, 0.15) is 5.82 Å². The highest BCUT2D eigenvalue weighted by atomic mass is 16.1. The average molecular weight is 379 g/mol. The molecule has 1 aliphatic carbocycles. The van der Waals surface area contributed by atoms with Crippen LogP contribution in [0.5, 0.6) is 0 Å². The number of anilines is 1. The van der Waals surface area contributed by atoms with Gasteiger partial charge in [0, 0.05) is 30.5 Å². The van der Waals surface area contributed by atoms with Crippen molar-refractivity contribution in [3.05, 3.63) is 42.1 Å². The van der Waals surface area contributed by atoms with Gasteiger partial charge in [0.25, 0.3) is 0 Å². The summed E-state index contributed by atoms with van der Waals surface area (Å²) in [6.07, 6.45) is 10.4. The Morgan fingerprint density at radius 1 is 1.07 bits per heavy atom. The van der Waals surface area contributed by atoms with Gasteiger partial charge in [-0.05, 0) is 56.6 Å². The molecule has 5 heteroatoms. The minimum absolute atomic E-state index is 0.126. The van der Waals surface area contributed by atoms with E-state index in [0.717, 1.165) is 30.0 Å². The van der Waals surface area contributed by atoms with Crippen LogP contribution in [0.25, 0.3) is 5.69 Å². The van der Waals surface area contributed by atoms with Crippen molar-refractivity contribution in [3.63, 3.8) is 0 Å². The molecular formula is C23H30N4O. The van der Waals surface area contributed by atoms with E-state index in [1.807, 2.05) is 35.0 Å². The van der Waals surface area contributed by atoms with Crippen molar-refractivity contribution in [2.45, 2.75) is 75.8 Å². The molecule has 2 bridgehead atoms. The fraction of sp³-hybridized carbons (Fsp3) is 0.565. The van der Waals surface area contributed by atoms with E-state index in [0.29, 0.717) is 30.3 Å². The molecule has 2 atom stereocenters. The summed E-state index contributed by atoms with van der Waals surface area (Å²) in [6, 6.07) is 13.5. The molecule has 1 aromatic carbocycles. The molecule has 1 amide bonds. The molecule has 2 saturated heterocycles. The Morgan fingerprint density at radius 2 is 1.79 bits per heavy atom. The standard InChI is InChI=1S/C23H30N4O/c28-23(14-16-12-18-10-11-19(13-16)24-18)25-22-15-21(17-6-4-5-7-17)26-27(22)20-8-2-1-3-9-20/h1-3,8-9,15-19,24H,4-7,10-14H2,(H,25,28). The first-order valence-electron chi connectivity index (χ1n) is 11.0. The summed E-state index contributed by atoms with van der Waals surface area (Å²) < 4.78 is 1.91. The normalized spacial score (nSPS) is 27.2. The lowest BCUT2D eigenvalue weighted by Crippen LogP contribution is -2.39. The van der Waals surface area contributed by atoms with Gasteiger partial charge in [0.15, 0.2) is 0 Å². The zero-order valence-electron chi connectivity index (χ0n) is 16.4. The first-order chi connectivity index (χ1) is 13.7. The molecular weight excluding hydrogens is 348 g/mol. The molecule has 2 unspecified atom stereocenters. The van der Waals surface area contributed by atoms with Gasteiger partial charge in [-0.1, -0.05) is 31.0 Å². The number of aromatic nitrogens is 2. The second kappa shape index (κ2) is 7.70. The third-order valence-corrected chi connectivity index (χ3v) is 6.81. The predicted molar refractivity (Wildman–Crippen MR) is 111 cm³/mol. The zero-order valence-corrected chi connectivity index (χ0v) is 16.4. The lowest BCUT2D eigenvalue weighted by atomic mass is 9.89. The molecule has 0 spiro atoms. The van der Waals surface area contributed by atoms with Crippen LogP contribution in [0, 0.1) is 5.92 Å². The van der Waals surface area contributed by atoms with Crippen LogP contribution in [0.4, 0.5) is 5.82 Å². The third kappa shape index (κ3) is 3.72. The van der Waals surface area contributed by atoms with Crippen molar-refractivity contribution < 1.29 is 4.79 Å². The van der Waals surface area contributed by atoms with Crippen LogP contribution < -0.4 is 10.6 Å². The van der Waals surface area contributed by atoms with Crippen LogP contribution in [0.2, 0.25) is 0 Å². The number of rotatable bonds is 5.